The molecule has 3 aromatic carbocycles. The van der Waals surface area contributed by atoms with E-state index in [2.05, 4.69) is 35.2 Å². The molecule has 0 amide bonds. The maximum Gasteiger partial charge on any atom is 0.198 e. The van der Waals surface area contributed by atoms with Gasteiger partial charge in [-0.2, -0.15) is 0 Å². The summed E-state index contributed by atoms with van der Waals surface area (Å²) in [4.78, 5) is 33.6. The minimum Gasteiger partial charge on any atom is -0.354 e. The molecule has 126 valence electrons. The van der Waals surface area contributed by atoms with Crippen LogP contribution in [0.2, 0.25) is 0 Å². The van der Waals surface area contributed by atoms with E-state index in [1.807, 2.05) is 18.2 Å². The summed E-state index contributed by atoms with van der Waals surface area (Å²) in [5.41, 5.74) is 2.48. The molecular formula is C20H12N2O2S2. The van der Waals surface area contributed by atoms with Crippen molar-refractivity contribution in [2.45, 2.75) is 9.79 Å². The highest BCUT2D eigenvalue weighted by atomic mass is 32.1. The lowest BCUT2D eigenvalue weighted by Gasteiger charge is -2.08. The van der Waals surface area contributed by atoms with Gasteiger partial charge in [-0.15, -0.1) is 25.3 Å². The van der Waals surface area contributed by atoms with Crippen molar-refractivity contribution in [3.63, 3.8) is 0 Å². The van der Waals surface area contributed by atoms with Gasteiger partial charge in [0.2, 0.25) is 0 Å². The van der Waals surface area contributed by atoms with Gasteiger partial charge in [0, 0.05) is 31.5 Å². The van der Waals surface area contributed by atoms with Gasteiger partial charge >= 0.3 is 0 Å². The quantitative estimate of drug-likeness (QED) is 0.241. The number of hydrogen-bond acceptors (Lipinski definition) is 4. The standard InChI is InChI=1S/C20H12N2O2S2/c23-18-9-3-1-2-4-12(9)21-14-8-11-15(7-10(14)18)22-13-5-6-16(25)20(26)17(13)19(11)24/h1-8,25-26H,(H,21,23)(H,22,24). The van der Waals surface area contributed by atoms with Crippen LogP contribution in [0.15, 0.2) is 67.9 Å². The molecule has 0 spiro atoms. The van der Waals surface area contributed by atoms with Crippen LogP contribution >= 0.6 is 25.3 Å². The van der Waals surface area contributed by atoms with Gasteiger partial charge in [-0.1, -0.05) is 12.1 Å². The highest BCUT2D eigenvalue weighted by molar-refractivity contribution is 7.83. The smallest absolute Gasteiger partial charge is 0.198 e. The second-order valence-electron chi connectivity index (χ2n) is 6.25. The molecule has 0 aliphatic rings. The number of fused-ring (bicyclic) bond motifs is 4. The van der Waals surface area contributed by atoms with Crippen molar-refractivity contribution >= 4 is 68.9 Å². The average Bonchev–Trinajstić information content (AvgIpc) is 2.64. The van der Waals surface area contributed by atoms with E-state index < -0.39 is 0 Å². The average molecular weight is 376 g/mol. The van der Waals surface area contributed by atoms with Crippen LogP contribution in [0.3, 0.4) is 0 Å². The first-order valence-electron chi connectivity index (χ1n) is 8.00. The van der Waals surface area contributed by atoms with Crippen LogP contribution in [-0.4, -0.2) is 9.97 Å². The van der Waals surface area contributed by atoms with Gasteiger partial charge < -0.3 is 9.97 Å². The second-order valence-corrected chi connectivity index (χ2v) is 7.18. The fraction of sp³-hybridized carbons (Fsp3) is 0. The number of H-pyrrole nitrogens is 2. The van der Waals surface area contributed by atoms with E-state index in [-0.39, 0.29) is 10.9 Å². The largest absolute Gasteiger partial charge is 0.354 e. The zero-order chi connectivity index (χ0) is 18.0. The van der Waals surface area contributed by atoms with E-state index in [9.17, 15) is 9.59 Å². The van der Waals surface area contributed by atoms with Gasteiger partial charge in [-0.3, -0.25) is 9.59 Å². The fourth-order valence-electron chi connectivity index (χ4n) is 3.46. The highest BCUT2D eigenvalue weighted by Crippen LogP contribution is 2.27. The number of rotatable bonds is 0. The number of thiol groups is 2. The lowest BCUT2D eigenvalue weighted by atomic mass is 10.1. The number of hydrogen-bond donors (Lipinski definition) is 4. The highest BCUT2D eigenvalue weighted by Gasteiger charge is 2.13. The van der Waals surface area contributed by atoms with Gasteiger partial charge in [0.15, 0.2) is 10.9 Å². The predicted octanol–water partition coefficient (Wildman–Crippen LogP) is 4.25. The predicted molar refractivity (Wildman–Crippen MR) is 112 cm³/mol. The zero-order valence-electron chi connectivity index (χ0n) is 13.3. The second kappa shape index (κ2) is 5.40. The Balaban J connectivity index is 2.03. The Bertz CT molecular complexity index is 1500. The van der Waals surface area contributed by atoms with Crippen LogP contribution in [0.5, 0.6) is 0 Å². The number of benzene rings is 3. The van der Waals surface area contributed by atoms with Gasteiger partial charge in [-0.25, -0.2) is 0 Å². The summed E-state index contributed by atoms with van der Waals surface area (Å²) in [5, 5.41) is 2.17. The molecule has 5 aromatic rings. The van der Waals surface area contributed by atoms with Crippen molar-refractivity contribution in [2.24, 2.45) is 0 Å². The number of nitrogens with one attached hydrogen (secondary N) is 2. The third-order valence-electron chi connectivity index (χ3n) is 4.74. The molecule has 0 aliphatic carbocycles. The van der Waals surface area contributed by atoms with E-state index in [0.717, 1.165) is 5.52 Å². The molecule has 0 atom stereocenters. The Hall–Kier alpha value is -2.70. The zero-order valence-corrected chi connectivity index (χ0v) is 15.1. The summed E-state index contributed by atoms with van der Waals surface area (Å²) in [5.74, 6) is 0. The summed E-state index contributed by atoms with van der Waals surface area (Å²) in [6.07, 6.45) is 0. The van der Waals surface area contributed by atoms with Crippen molar-refractivity contribution in [3.05, 3.63) is 69.0 Å². The molecule has 2 heterocycles. The molecule has 26 heavy (non-hydrogen) atoms. The molecule has 2 N–H and O–H groups in total. The van der Waals surface area contributed by atoms with Gasteiger partial charge in [0.05, 0.1) is 21.9 Å². The Morgan fingerprint density at radius 1 is 0.654 bits per heavy atom. The van der Waals surface area contributed by atoms with Crippen LogP contribution in [0, 0.1) is 0 Å². The third-order valence-corrected chi connectivity index (χ3v) is 5.75. The fourth-order valence-corrected chi connectivity index (χ4v) is 3.94. The number of pyridine rings is 2. The first kappa shape index (κ1) is 15.5. The molecule has 5 rings (SSSR count). The molecule has 0 unspecified atom stereocenters. The Morgan fingerprint density at radius 2 is 1.31 bits per heavy atom. The SMILES string of the molecule is O=c1c2ccccc2[nH]c2cc3c(=O)c4c(S)c(S)ccc4[nH]c3cc12. The first-order chi connectivity index (χ1) is 12.5. The minimum absolute atomic E-state index is 0.0576. The molecular weight excluding hydrogens is 364 g/mol. The number of aromatic amines is 2. The lowest BCUT2D eigenvalue weighted by molar-refractivity contribution is 1.30. The third kappa shape index (κ3) is 2.06. The number of aromatic nitrogens is 2. The van der Waals surface area contributed by atoms with Crippen LogP contribution in [-0.2, 0) is 0 Å². The van der Waals surface area contributed by atoms with E-state index in [4.69, 9.17) is 0 Å². The van der Waals surface area contributed by atoms with Crippen LogP contribution in [0.25, 0.3) is 43.6 Å². The summed E-state index contributed by atoms with van der Waals surface area (Å²) in [7, 11) is 0. The maximum atomic E-state index is 13.1. The molecule has 2 aromatic heterocycles. The molecule has 0 saturated heterocycles. The van der Waals surface area contributed by atoms with Crippen LogP contribution in [0.1, 0.15) is 0 Å². The summed E-state index contributed by atoms with van der Waals surface area (Å²) in [6, 6.07) is 14.4. The van der Waals surface area contributed by atoms with Gasteiger partial charge in [-0.05, 0) is 36.4 Å². The van der Waals surface area contributed by atoms with E-state index in [1.165, 1.54) is 0 Å². The molecule has 0 saturated carbocycles. The molecule has 0 aliphatic heterocycles. The van der Waals surface area contributed by atoms with Gasteiger partial charge in [0.1, 0.15) is 0 Å². The maximum absolute atomic E-state index is 13.1. The van der Waals surface area contributed by atoms with E-state index in [1.54, 1.807) is 30.3 Å². The number of para-hydroxylation sites is 1. The van der Waals surface area contributed by atoms with Crippen molar-refractivity contribution in [1.82, 2.24) is 9.97 Å². The van der Waals surface area contributed by atoms with Crippen molar-refractivity contribution in [1.29, 1.82) is 0 Å². The lowest BCUT2D eigenvalue weighted by Crippen LogP contribution is -2.08. The van der Waals surface area contributed by atoms with Crippen molar-refractivity contribution < 1.29 is 0 Å². The Labute approximate surface area is 157 Å². The topological polar surface area (TPSA) is 65.7 Å². The van der Waals surface area contributed by atoms with E-state index in [0.29, 0.717) is 47.9 Å². The first-order valence-corrected chi connectivity index (χ1v) is 8.89. The molecule has 0 bridgehead atoms. The molecule has 0 fully saturated rings. The molecule has 0 radical (unpaired) electrons. The normalized spacial score (nSPS) is 11.8. The van der Waals surface area contributed by atoms with Crippen LogP contribution < -0.4 is 10.9 Å². The summed E-state index contributed by atoms with van der Waals surface area (Å²) in [6.45, 7) is 0. The Morgan fingerprint density at radius 3 is 2.08 bits per heavy atom. The molecule has 4 nitrogen and oxygen atoms in total. The summed E-state index contributed by atoms with van der Waals surface area (Å²) < 4.78 is 0. The van der Waals surface area contributed by atoms with E-state index >= 15 is 0 Å². The van der Waals surface area contributed by atoms with Crippen LogP contribution in [0.4, 0.5) is 0 Å². The summed E-state index contributed by atoms with van der Waals surface area (Å²) >= 11 is 8.79. The van der Waals surface area contributed by atoms with Crippen molar-refractivity contribution in [3.8, 4) is 0 Å². The van der Waals surface area contributed by atoms with Gasteiger partial charge in [0.25, 0.3) is 0 Å². The monoisotopic (exact) mass is 376 g/mol. The minimum atomic E-state index is -0.134. The molecule has 6 heteroatoms. The van der Waals surface area contributed by atoms with Crippen molar-refractivity contribution in [2.75, 3.05) is 0 Å². The Kier molecular flexibility index (Phi) is 3.23.